The van der Waals surface area contributed by atoms with Gasteiger partial charge in [-0.2, -0.15) is 0 Å². The molecule has 1 N–H and O–H groups in total. The summed E-state index contributed by atoms with van der Waals surface area (Å²) in [5.41, 5.74) is 0.603. The van der Waals surface area contributed by atoms with Crippen LogP contribution < -0.4 is 5.32 Å². The van der Waals surface area contributed by atoms with E-state index < -0.39 is 0 Å². The van der Waals surface area contributed by atoms with E-state index in [0.717, 1.165) is 5.92 Å². The first-order chi connectivity index (χ1) is 8.16. The van der Waals surface area contributed by atoms with Crippen molar-refractivity contribution >= 4 is 0 Å². The molecule has 0 bridgehead atoms. The van der Waals surface area contributed by atoms with E-state index in [1.54, 1.807) is 0 Å². The third-order valence-electron chi connectivity index (χ3n) is 4.76. The Balaban J connectivity index is 1.56. The van der Waals surface area contributed by atoms with Crippen LogP contribution in [0.1, 0.15) is 52.4 Å². The molecule has 2 aliphatic heterocycles. The first-order valence-corrected chi connectivity index (χ1v) is 7.59. The number of hydrogen-bond donors (Lipinski definition) is 1. The number of likely N-dealkylation sites (tertiary alicyclic amines) is 1. The Bertz CT molecular complexity index is 209. The highest BCUT2D eigenvalue weighted by Crippen LogP contribution is 2.29. The number of rotatable bonds is 4. The molecule has 0 aromatic rings. The fourth-order valence-corrected chi connectivity index (χ4v) is 3.16. The van der Waals surface area contributed by atoms with Crippen molar-refractivity contribution in [3.63, 3.8) is 0 Å². The summed E-state index contributed by atoms with van der Waals surface area (Å²) in [6.45, 7) is 11.3. The fourth-order valence-electron chi connectivity index (χ4n) is 3.16. The molecule has 2 rings (SSSR count). The third kappa shape index (κ3) is 4.59. The maximum Gasteiger partial charge on any atom is -0.00136 e. The monoisotopic (exact) mass is 238 g/mol. The molecule has 0 atom stereocenters. The van der Waals surface area contributed by atoms with Gasteiger partial charge in [-0.25, -0.2) is 0 Å². The Hall–Kier alpha value is -0.0800. The molecule has 2 fully saturated rings. The Morgan fingerprint density at radius 1 is 1.12 bits per heavy atom. The number of hydrogen-bond acceptors (Lipinski definition) is 2. The van der Waals surface area contributed by atoms with Gasteiger partial charge in [0.2, 0.25) is 0 Å². The van der Waals surface area contributed by atoms with E-state index in [2.05, 4.69) is 24.1 Å². The highest BCUT2D eigenvalue weighted by atomic mass is 15.1. The van der Waals surface area contributed by atoms with Crippen LogP contribution in [0.25, 0.3) is 0 Å². The van der Waals surface area contributed by atoms with Gasteiger partial charge in [-0.3, -0.25) is 0 Å². The van der Waals surface area contributed by atoms with Crippen LogP contribution in [-0.4, -0.2) is 37.6 Å². The highest BCUT2D eigenvalue weighted by Gasteiger charge is 2.25. The second kappa shape index (κ2) is 6.19. The normalized spacial score (nSPS) is 27.2. The average molecular weight is 238 g/mol. The summed E-state index contributed by atoms with van der Waals surface area (Å²) in [6.07, 6.45) is 8.48. The summed E-state index contributed by atoms with van der Waals surface area (Å²) in [6, 6.07) is 0. The van der Waals surface area contributed by atoms with E-state index >= 15 is 0 Å². The van der Waals surface area contributed by atoms with E-state index in [0.29, 0.717) is 5.41 Å². The molecule has 0 radical (unpaired) electrons. The number of nitrogens with zero attached hydrogens (tertiary/aromatic N) is 1. The molecule has 2 saturated heterocycles. The average Bonchev–Trinajstić information content (AvgIpc) is 2.33. The summed E-state index contributed by atoms with van der Waals surface area (Å²) in [5, 5.41) is 3.45. The van der Waals surface area contributed by atoms with Crippen LogP contribution in [0.15, 0.2) is 0 Å². The van der Waals surface area contributed by atoms with Gasteiger partial charge in [0.25, 0.3) is 0 Å². The van der Waals surface area contributed by atoms with E-state index in [1.165, 1.54) is 71.2 Å². The lowest BCUT2D eigenvalue weighted by atomic mass is 9.82. The van der Waals surface area contributed by atoms with Crippen molar-refractivity contribution < 1.29 is 0 Å². The van der Waals surface area contributed by atoms with Gasteiger partial charge < -0.3 is 10.2 Å². The maximum absolute atomic E-state index is 3.45. The highest BCUT2D eigenvalue weighted by molar-refractivity contribution is 4.78. The molecule has 0 spiro atoms. The standard InChI is InChI=1S/C15H30N2/c1-15(2)7-12-17(13-8-15)11-3-4-14-5-9-16-10-6-14/h14,16H,3-13H2,1-2H3. The van der Waals surface area contributed by atoms with Gasteiger partial charge in [0.15, 0.2) is 0 Å². The molecular weight excluding hydrogens is 208 g/mol. The molecule has 0 amide bonds. The van der Waals surface area contributed by atoms with Crippen molar-refractivity contribution in [2.45, 2.75) is 52.4 Å². The van der Waals surface area contributed by atoms with E-state index in [-0.39, 0.29) is 0 Å². The quantitative estimate of drug-likeness (QED) is 0.810. The zero-order valence-corrected chi connectivity index (χ0v) is 11.8. The van der Waals surface area contributed by atoms with Crippen molar-refractivity contribution in [2.75, 3.05) is 32.7 Å². The second-order valence-electron chi connectivity index (χ2n) is 6.84. The molecule has 2 heteroatoms. The van der Waals surface area contributed by atoms with E-state index in [9.17, 15) is 0 Å². The Kier molecular flexibility index (Phi) is 4.87. The molecule has 0 saturated carbocycles. The predicted octanol–water partition coefficient (Wildman–Crippen LogP) is 2.89. The molecule has 100 valence electrons. The van der Waals surface area contributed by atoms with Crippen LogP contribution >= 0.6 is 0 Å². The molecule has 2 nitrogen and oxygen atoms in total. The SMILES string of the molecule is CC1(C)CCN(CCCC2CCNCC2)CC1. The lowest BCUT2D eigenvalue weighted by Gasteiger charge is -2.37. The van der Waals surface area contributed by atoms with Crippen LogP contribution in [0.4, 0.5) is 0 Å². The second-order valence-corrected chi connectivity index (χ2v) is 6.84. The van der Waals surface area contributed by atoms with Crippen LogP contribution in [0.3, 0.4) is 0 Å². The Morgan fingerprint density at radius 2 is 1.76 bits per heavy atom. The minimum absolute atomic E-state index is 0.603. The van der Waals surface area contributed by atoms with Gasteiger partial charge in [0.05, 0.1) is 0 Å². The minimum atomic E-state index is 0.603. The van der Waals surface area contributed by atoms with Gasteiger partial charge in [-0.1, -0.05) is 13.8 Å². The van der Waals surface area contributed by atoms with Crippen molar-refractivity contribution in [1.29, 1.82) is 0 Å². The summed E-state index contributed by atoms with van der Waals surface area (Å²) >= 11 is 0. The zero-order valence-electron chi connectivity index (χ0n) is 11.8. The molecule has 0 aromatic heterocycles. The summed E-state index contributed by atoms with van der Waals surface area (Å²) in [4.78, 5) is 2.69. The largest absolute Gasteiger partial charge is 0.317 e. The van der Waals surface area contributed by atoms with Crippen LogP contribution in [0.5, 0.6) is 0 Å². The zero-order chi connectivity index (χ0) is 12.1. The molecule has 2 heterocycles. The molecular formula is C15H30N2. The van der Waals surface area contributed by atoms with E-state index in [4.69, 9.17) is 0 Å². The minimum Gasteiger partial charge on any atom is -0.317 e. The van der Waals surface area contributed by atoms with Crippen LogP contribution in [0, 0.1) is 11.3 Å². The molecule has 0 unspecified atom stereocenters. The smallest absolute Gasteiger partial charge is 0.00136 e. The van der Waals surface area contributed by atoms with Crippen molar-refractivity contribution in [3.05, 3.63) is 0 Å². The summed E-state index contributed by atoms with van der Waals surface area (Å²) in [5.74, 6) is 1.01. The van der Waals surface area contributed by atoms with Crippen LogP contribution in [-0.2, 0) is 0 Å². The van der Waals surface area contributed by atoms with Gasteiger partial charge in [0.1, 0.15) is 0 Å². The Morgan fingerprint density at radius 3 is 2.41 bits per heavy atom. The molecule has 2 aliphatic rings. The third-order valence-corrected chi connectivity index (χ3v) is 4.76. The van der Waals surface area contributed by atoms with Gasteiger partial charge in [0, 0.05) is 0 Å². The van der Waals surface area contributed by atoms with Crippen molar-refractivity contribution in [3.8, 4) is 0 Å². The molecule has 17 heavy (non-hydrogen) atoms. The van der Waals surface area contributed by atoms with Gasteiger partial charge >= 0.3 is 0 Å². The fraction of sp³-hybridized carbons (Fsp3) is 1.00. The predicted molar refractivity (Wildman–Crippen MR) is 74.3 cm³/mol. The Labute approximate surface area is 107 Å². The van der Waals surface area contributed by atoms with Gasteiger partial charge in [-0.05, 0) is 82.6 Å². The topological polar surface area (TPSA) is 15.3 Å². The summed E-state index contributed by atoms with van der Waals surface area (Å²) < 4.78 is 0. The maximum atomic E-state index is 3.45. The lowest BCUT2D eigenvalue weighted by molar-refractivity contribution is 0.128. The molecule has 0 aliphatic carbocycles. The molecule has 0 aromatic carbocycles. The first-order valence-electron chi connectivity index (χ1n) is 7.59. The summed E-state index contributed by atoms with van der Waals surface area (Å²) in [7, 11) is 0. The van der Waals surface area contributed by atoms with E-state index in [1.807, 2.05) is 0 Å². The van der Waals surface area contributed by atoms with Crippen LogP contribution in [0.2, 0.25) is 0 Å². The number of piperidine rings is 2. The van der Waals surface area contributed by atoms with Gasteiger partial charge in [-0.15, -0.1) is 0 Å². The van der Waals surface area contributed by atoms with Crippen molar-refractivity contribution in [2.24, 2.45) is 11.3 Å². The first kappa shape index (κ1) is 13.4. The lowest BCUT2D eigenvalue weighted by Crippen LogP contribution is -2.38. The number of nitrogens with one attached hydrogen (secondary N) is 1. The van der Waals surface area contributed by atoms with Crippen molar-refractivity contribution in [1.82, 2.24) is 10.2 Å².